The average molecular weight is 451 g/mol. The number of nitrogen functional groups attached to an aromatic ring is 1. The summed E-state index contributed by atoms with van der Waals surface area (Å²) in [5.74, 6) is -0.881. The van der Waals surface area contributed by atoms with Gasteiger partial charge in [0, 0.05) is 15.2 Å². The van der Waals surface area contributed by atoms with Gasteiger partial charge in [-0.3, -0.25) is 4.79 Å². The number of halogens is 2. The summed E-state index contributed by atoms with van der Waals surface area (Å²) in [5, 5.41) is 33.0. The van der Waals surface area contributed by atoms with E-state index in [1.807, 2.05) is 0 Å². The molecular weight excluding hydrogens is 422 g/mol. The predicted octanol–water partition coefficient (Wildman–Crippen LogP) is 1.66. The summed E-state index contributed by atoms with van der Waals surface area (Å²) in [6.07, 6.45) is 0.415. The molecule has 0 saturated heterocycles. The van der Waals surface area contributed by atoms with Gasteiger partial charge < -0.3 is 26.4 Å². The number of carbonyl (C=O) groups excluding carboxylic acids is 1. The molecule has 2 aliphatic rings. The molecule has 1 aromatic heterocycles. The van der Waals surface area contributed by atoms with Crippen molar-refractivity contribution in [1.29, 1.82) is 0 Å². The Balaban J connectivity index is 1.76. The largest absolute Gasteiger partial charge is 0.393 e. The van der Waals surface area contributed by atoms with Crippen molar-refractivity contribution in [2.24, 2.45) is 0 Å². The first kappa shape index (κ1) is 18.8. The molecule has 0 spiro atoms. The van der Waals surface area contributed by atoms with Gasteiger partial charge in [-0.2, -0.15) is 0 Å². The van der Waals surface area contributed by atoms with Crippen LogP contribution >= 0.6 is 0 Å². The number of hydrogen-bond acceptors (Lipinski definition) is 7. The minimum atomic E-state index is -3.37. The van der Waals surface area contributed by atoms with Crippen LogP contribution in [0, 0.1) is 6.85 Å². The number of hydrogen-bond donors (Lipinski definition) is 5. The number of aromatic nitrogens is 2. The Hall–Kier alpha value is -2.69. The summed E-state index contributed by atoms with van der Waals surface area (Å²) in [6.45, 7) is -4.01. The lowest BCUT2D eigenvalue weighted by atomic mass is 9.91. The van der Waals surface area contributed by atoms with Gasteiger partial charge in [0.15, 0.2) is 17.1 Å². The second-order valence-electron chi connectivity index (χ2n) is 8.77. The number of nitrogens with zero attached hydrogens (tertiary/aromatic N) is 2. The summed E-state index contributed by atoms with van der Waals surface area (Å²) in [5.41, 5.74) is 0.214. The number of benzene rings is 1. The molecule has 0 radical (unpaired) electrons. The van der Waals surface area contributed by atoms with Crippen molar-refractivity contribution >= 4 is 11.7 Å². The van der Waals surface area contributed by atoms with E-state index in [-0.39, 0.29) is 28.3 Å². The Bertz CT molecular complexity index is 1160. The van der Waals surface area contributed by atoms with Crippen LogP contribution in [-0.4, -0.2) is 55.4 Å². The highest BCUT2D eigenvalue weighted by Crippen LogP contribution is 2.50. The molecule has 8 nitrogen and oxygen atoms in total. The first-order chi connectivity index (χ1) is 16.2. The number of amides is 1. The zero-order valence-corrected chi connectivity index (χ0v) is 17.1. The molecule has 0 aliphatic heterocycles. The summed E-state index contributed by atoms with van der Waals surface area (Å²) in [7, 11) is 0. The molecule has 6 N–H and O–H groups in total. The molecule has 2 fully saturated rings. The minimum absolute atomic E-state index is 0.140. The van der Waals surface area contributed by atoms with Gasteiger partial charge in [-0.15, -0.1) is 0 Å². The van der Waals surface area contributed by atoms with Crippen molar-refractivity contribution in [3.63, 3.8) is 0 Å². The van der Waals surface area contributed by atoms with Gasteiger partial charge in [0.25, 0.3) is 12.3 Å². The number of aryl methyl sites for hydroxylation is 1. The van der Waals surface area contributed by atoms with Crippen molar-refractivity contribution in [1.82, 2.24) is 15.3 Å². The maximum atomic E-state index is 13.5. The van der Waals surface area contributed by atoms with Gasteiger partial charge in [-0.1, -0.05) is 12.1 Å². The van der Waals surface area contributed by atoms with Crippen LogP contribution in [0.1, 0.15) is 57.8 Å². The highest BCUT2D eigenvalue weighted by atomic mass is 19.3. The maximum absolute atomic E-state index is 13.5. The Morgan fingerprint density at radius 3 is 2.66 bits per heavy atom. The molecule has 2 aromatic rings. The van der Waals surface area contributed by atoms with Crippen LogP contribution in [0.4, 0.5) is 14.6 Å². The molecule has 1 heterocycles. The fourth-order valence-corrected chi connectivity index (χ4v) is 4.65. The molecule has 1 atom stereocenters. The number of nitrogens with two attached hydrogens (primary N) is 1. The summed E-state index contributed by atoms with van der Waals surface area (Å²) < 4.78 is 50.5. The van der Waals surface area contributed by atoms with E-state index in [1.54, 1.807) is 0 Å². The van der Waals surface area contributed by atoms with E-state index < -0.39 is 48.1 Å². The number of anilines is 1. The molecule has 1 aromatic carbocycles. The Kier molecular flexibility index (Phi) is 4.54. The number of alkyl halides is 2. The van der Waals surface area contributed by atoms with Crippen LogP contribution in [0.25, 0.3) is 11.3 Å². The zero-order valence-electron chi connectivity index (χ0n) is 20.1. The molecule has 10 heteroatoms. The van der Waals surface area contributed by atoms with Crippen molar-refractivity contribution in [2.45, 2.75) is 62.1 Å². The average Bonchev–Trinajstić information content (AvgIpc) is 3.30. The van der Waals surface area contributed by atoms with Crippen LogP contribution < -0.4 is 11.1 Å². The number of rotatable bonds is 6. The van der Waals surface area contributed by atoms with Crippen LogP contribution in [0.2, 0.25) is 0 Å². The fraction of sp³-hybridized carbons (Fsp3) is 0.500. The smallest absolute Gasteiger partial charge is 0.274 e. The molecule has 2 saturated carbocycles. The van der Waals surface area contributed by atoms with E-state index in [4.69, 9.17) is 9.85 Å². The van der Waals surface area contributed by atoms with Gasteiger partial charge in [-0.05, 0) is 56.1 Å². The Labute approximate surface area is 187 Å². The van der Waals surface area contributed by atoms with Crippen LogP contribution in [0.15, 0.2) is 24.4 Å². The summed E-state index contributed by atoms with van der Waals surface area (Å²) >= 11 is 0. The quantitative estimate of drug-likeness (QED) is 0.450. The number of fused-ring (bicyclic) bond motifs is 2. The van der Waals surface area contributed by atoms with E-state index in [2.05, 4.69) is 15.3 Å². The monoisotopic (exact) mass is 451 g/mol. The second kappa shape index (κ2) is 7.72. The molecule has 1 amide bonds. The van der Waals surface area contributed by atoms with Crippen molar-refractivity contribution < 1.29 is 33.0 Å². The molecule has 172 valence electrons. The predicted molar refractivity (Wildman–Crippen MR) is 112 cm³/mol. The summed E-state index contributed by atoms with van der Waals surface area (Å²) in [4.78, 5) is 21.2. The Morgan fingerprint density at radius 1 is 1.38 bits per heavy atom. The Morgan fingerprint density at radius 2 is 2.09 bits per heavy atom. The zero-order chi connectivity index (χ0) is 25.8. The third-order valence-corrected chi connectivity index (χ3v) is 6.60. The molecule has 4 rings (SSSR count). The SMILES string of the molecule is [2H]C([2H])([2H])c1ccc(C(O)(CO)C(F)F)cc1-c1cnc(N)c(C(=O)NC23CCC(O)(CC2)C3)n1. The van der Waals surface area contributed by atoms with Crippen LogP contribution in [-0.2, 0) is 5.60 Å². The third-order valence-electron chi connectivity index (χ3n) is 6.60. The van der Waals surface area contributed by atoms with Crippen molar-refractivity contribution in [2.75, 3.05) is 12.3 Å². The van der Waals surface area contributed by atoms with E-state index in [0.717, 1.165) is 24.4 Å². The molecule has 2 aliphatic carbocycles. The molecule has 1 unspecified atom stereocenters. The molecule has 32 heavy (non-hydrogen) atoms. The van der Waals surface area contributed by atoms with Crippen LogP contribution in [0.5, 0.6) is 0 Å². The maximum Gasteiger partial charge on any atom is 0.274 e. The lowest BCUT2D eigenvalue weighted by molar-refractivity contribution is -0.129. The number of aliphatic hydroxyl groups is 3. The first-order valence-corrected chi connectivity index (χ1v) is 10.2. The highest BCUT2D eigenvalue weighted by molar-refractivity contribution is 5.97. The topological polar surface area (TPSA) is 142 Å². The van der Waals surface area contributed by atoms with Crippen LogP contribution in [0.3, 0.4) is 0 Å². The minimum Gasteiger partial charge on any atom is -0.393 e. The number of aliphatic hydroxyl groups excluding tert-OH is 1. The molecule has 2 bridgehead atoms. The van der Waals surface area contributed by atoms with E-state index in [0.29, 0.717) is 32.1 Å². The van der Waals surface area contributed by atoms with E-state index >= 15 is 0 Å². The molecular formula is C22H26F2N4O4. The van der Waals surface area contributed by atoms with Crippen molar-refractivity contribution in [3.05, 3.63) is 41.2 Å². The second-order valence-corrected chi connectivity index (χ2v) is 8.77. The first-order valence-electron chi connectivity index (χ1n) is 11.7. The lowest BCUT2D eigenvalue weighted by Crippen LogP contribution is -2.45. The fourth-order valence-electron chi connectivity index (χ4n) is 4.65. The van der Waals surface area contributed by atoms with E-state index in [1.165, 1.54) is 0 Å². The van der Waals surface area contributed by atoms with Gasteiger partial charge >= 0.3 is 0 Å². The summed E-state index contributed by atoms with van der Waals surface area (Å²) in [6, 6.07) is 3.01. The van der Waals surface area contributed by atoms with Gasteiger partial charge in [0.05, 0.1) is 24.1 Å². The standard InChI is InChI=1S/C22H26F2N4O4/c1-12-2-3-13(22(32,11-29)19(23)24)8-14(12)15-9-26-17(25)16(27-15)18(30)28-20-4-6-21(31,10-20)7-5-20/h2-3,8-9,19,29,31-32H,4-7,10-11H2,1H3,(H2,25,26)(H,28,30)/i1D3. The third kappa shape index (κ3) is 3.72. The van der Waals surface area contributed by atoms with Gasteiger partial charge in [-0.25, -0.2) is 18.7 Å². The lowest BCUT2D eigenvalue weighted by Gasteiger charge is -2.27. The van der Waals surface area contributed by atoms with E-state index in [9.17, 15) is 28.9 Å². The number of nitrogens with one attached hydrogen (secondary N) is 1. The van der Waals surface area contributed by atoms with Gasteiger partial charge in [0.2, 0.25) is 0 Å². The normalized spacial score (nSPS) is 28.1. The number of carbonyl (C=O) groups is 1. The van der Waals surface area contributed by atoms with Crippen molar-refractivity contribution in [3.8, 4) is 11.3 Å². The highest BCUT2D eigenvalue weighted by Gasteiger charge is 2.54. The van der Waals surface area contributed by atoms with Gasteiger partial charge in [0.1, 0.15) is 0 Å².